The maximum absolute atomic E-state index is 11.5. The van der Waals surface area contributed by atoms with Gasteiger partial charge in [-0.25, -0.2) is 0 Å². The van der Waals surface area contributed by atoms with Crippen molar-refractivity contribution in [3.05, 3.63) is 47.7 Å². The Hall–Kier alpha value is -2.80. The number of amides is 1. The van der Waals surface area contributed by atoms with Gasteiger partial charge in [0.2, 0.25) is 0 Å². The first-order valence-electron chi connectivity index (χ1n) is 7.59. The minimum atomic E-state index is -0.270. The van der Waals surface area contributed by atoms with Crippen LogP contribution in [0.25, 0.3) is 11.3 Å². The van der Waals surface area contributed by atoms with Crippen molar-refractivity contribution in [3.63, 3.8) is 0 Å². The lowest BCUT2D eigenvalue weighted by Crippen LogP contribution is -2.33. The van der Waals surface area contributed by atoms with Crippen molar-refractivity contribution in [2.75, 3.05) is 6.54 Å². The lowest BCUT2D eigenvalue weighted by Gasteiger charge is -2.12. The molecule has 0 spiro atoms. The van der Waals surface area contributed by atoms with Gasteiger partial charge >= 0.3 is 0 Å². The fraction of sp³-hybridized carbons (Fsp3) is 0.263. The standard InChI is InChI=1S/C19H18N2O2/c1-3-6-18(22)21-12-15-11-14-9-13(2)10-16(19(14)23-15)17-7-4-5-8-20-17/h4-5,7-10,15H,11-12H2,1-2H3,(H,21,22). The summed E-state index contributed by atoms with van der Waals surface area (Å²) in [7, 11) is 0. The molecule has 0 saturated carbocycles. The summed E-state index contributed by atoms with van der Waals surface area (Å²) in [4.78, 5) is 15.9. The molecule has 1 aromatic heterocycles. The number of benzene rings is 1. The summed E-state index contributed by atoms with van der Waals surface area (Å²) in [5.74, 6) is 5.66. The molecule has 0 bridgehead atoms. The Kier molecular flexibility index (Phi) is 4.29. The van der Waals surface area contributed by atoms with Gasteiger partial charge in [0.1, 0.15) is 11.9 Å². The summed E-state index contributed by atoms with van der Waals surface area (Å²) in [5, 5.41) is 2.78. The van der Waals surface area contributed by atoms with Crippen LogP contribution in [-0.2, 0) is 11.2 Å². The largest absolute Gasteiger partial charge is 0.487 e. The summed E-state index contributed by atoms with van der Waals surface area (Å²) in [6, 6.07) is 10.1. The topological polar surface area (TPSA) is 51.2 Å². The highest BCUT2D eigenvalue weighted by Crippen LogP contribution is 2.38. The van der Waals surface area contributed by atoms with Crippen LogP contribution >= 0.6 is 0 Å². The number of aromatic nitrogens is 1. The highest BCUT2D eigenvalue weighted by Gasteiger charge is 2.26. The Bertz CT molecular complexity index is 788. The van der Waals surface area contributed by atoms with Crippen molar-refractivity contribution in [1.82, 2.24) is 10.3 Å². The third kappa shape index (κ3) is 3.35. The molecule has 0 saturated heterocycles. The van der Waals surface area contributed by atoms with Crippen LogP contribution in [0.4, 0.5) is 0 Å². The molecule has 3 rings (SSSR count). The Morgan fingerprint density at radius 2 is 2.30 bits per heavy atom. The Morgan fingerprint density at radius 3 is 3.04 bits per heavy atom. The fourth-order valence-electron chi connectivity index (χ4n) is 2.78. The fourth-order valence-corrected chi connectivity index (χ4v) is 2.78. The second kappa shape index (κ2) is 6.53. The summed E-state index contributed by atoms with van der Waals surface area (Å²) in [6.45, 7) is 4.16. The van der Waals surface area contributed by atoms with Crippen molar-refractivity contribution < 1.29 is 9.53 Å². The zero-order valence-corrected chi connectivity index (χ0v) is 13.2. The van der Waals surface area contributed by atoms with Crippen LogP contribution < -0.4 is 10.1 Å². The van der Waals surface area contributed by atoms with Crippen LogP contribution in [0.3, 0.4) is 0 Å². The average Bonchev–Trinajstić information content (AvgIpc) is 2.96. The quantitative estimate of drug-likeness (QED) is 0.887. The van der Waals surface area contributed by atoms with Crippen LogP contribution in [-0.4, -0.2) is 23.5 Å². The molecule has 2 heterocycles. The molecule has 116 valence electrons. The SMILES string of the molecule is CC#CC(=O)NCC1Cc2cc(C)cc(-c3ccccn3)c2O1. The second-order valence-corrected chi connectivity index (χ2v) is 5.54. The third-order valence-electron chi connectivity index (χ3n) is 3.71. The minimum absolute atomic E-state index is 0.0723. The van der Waals surface area contributed by atoms with Gasteiger partial charge in [0, 0.05) is 18.2 Å². The number of ether oxygens (including phenoxy) is 1. The number of nitrogens with one attached hydrogen (secondary N) is 1. The van der Waals surface area contributed by atoms with Gasteiger partial charge in [-0.1, -0.05) is 18.1 Å². The summed E-state index contributed by atoms with van der Waals surface area (Å²) in [6.07, 6.45) is 2.48. The van der Waals surface area contributed by atoms with E-state index in [0.29, 0.717) is 6.54 Å². The minimum Gasteiger partial charge on any atom is -0.487 e. The van der Waals surface area contributed by atoms with E-state index in [1.165, 1.54) is 5.56 Å². The first-order chi connectivity index (χ1) is 11.2. The molecule has 1 aliphatic rings. The molecule has 0 radical (unpaired) electrons. The number of rotatable bonds is 3. The van der Waals surface area contributed by atoms with E-state index in [1.54, 1.807) is 13.1 Å². The first kappa shape index (κ1) is 15.1. The molecular formula is C19H18N2O2. The van der Waals surface area contributed by atoms with E-state index in [0.717, 1.165) is 29.0 Å². The lowest BCUT2D eigenvalue weighted by atomic mass is 10.0. The average molecular weight is 306 g/mol. The maximum Gasteiger partial charge on any atom is 0.296 e. The molecule has 4 nitrogen and oxygen atoms in total. The number of pyridine rings is 1. The molecule has 1 amide bonds. The molecule has 1 aliphatic heterocycles. The van der Waals surface area contributed by atoms with Gasteiger partial charge in [-0.15, -0.1) is 0 Å². The van der Waals surface area contributed by atoms with E-state index in [1.807, 2.05) is 18.2 Å². The lowest BCUT2D eigenvalue weighted by molar-refractivity contribution is -0.116. The van der Waals surface area contributed by atoms with Gasteiger partial charge in [0.15, 0.2) is 0 Å². The van der Waals surface area contributed by atoms with Crippen LogP contribution in [0.1, 0.15) is 18.1 Å². The number of nitrogens with zero attached hydrogens (tertiary/aromatic N) is 1. The van der Waals surface area contributed by atoms with Gasteiger partial charge in [-0.05, 0) is 49.1 Å². The highest BCUT2D eigenvalue weighted by atomic mass is 16.5. The van der Waals surface area contributed by atoms with Gasteiger partial charge < -0.3 is 10.1 Å². The first-order valence-corrected chi connectivity index (χ1v) is 7.59. The normalized spacial score (nSPS) is 15.1. The molecule has 1 aromatic carbocycles. The summed E-state index contributed by atoms with van der Waals surface area (Å²) < 4.78 is 6.07. The zero-order valence-electron chi connectivity index (χ0n) is 13.2. The van der Waals surface area contributed by atoms with E-state index in [4.69, 9.17) is 4.74 Å². The van der Waals surface area contributed by atoms with E-state index in [-0.39, 0.29) is 12.0 Å². The van der Waals surface area contributed by atoms with Crippen LogP contribution in [0.15, 0.2) is 36.5 Å². The third-order valence-corrected chi connectivity index (χ3v) is 3.71. The zero-order chi connectivity index (χ0) is 16.2. The van der Waals surface area contributed by atoms with Crippen molar-refractivity contribution in [3.8, 4) is 28.8 Å². The van der Waals surface area contributed by atoms with Gasteiger partial charge in [0.05, 0.1) is 12.2 Å². The smallest absolute Gasteiger partial charge is 0.296 e. The molecule has 1 N–H and O–H groups in total. The van der Waals surface area contributed by atoms with Crippen molar-refractivity contribution in [2.45, 2.75) is 26.4 Å². The van der Waals surface area contributed by atoms with Crippen LogP contribution in [0.2, 0.25) is 0 Å². The molecule has 4 heteroatoms. The Morgan fingerprint density at radius 1 is 1.43 bits per heavy atom. The summed E-state index contributed by atoms with van der Waals surface area (Å²) in [5.41, 5.74) is 4.23. The number of hydrogen-bond acceptors (Lipinski definition) is 3. The molecule has 1 atom stereocenters. The Labute approximate surface area is 135 Å². The molecule has 23 heavy (non-hydrogen) atoms. The van der Waals surface area contributed by atoms with Crippen molar-refractivity contribution >= 4 is 5.91 Å². The van der Waals surface area contributed by atoms with Crippen LogP contribution in [0.5, 0.6) is 5.75 Å². The van der Waals surface area contributed by atoms with E-state index >= 15 is 0 Å². The number of fused-ring (bicyclic) bond motifs is 1. The number of carbonyl (C=O) groups excluding carboxylic acids is 1. The van der Waals surface area contributed by atoms with Gasteiger partial charge in [0.25, 0.3) is 5.91 Å². The van der Waals surface area contributed by atoms with E-state index < -0.39 is 0 Å². The summed E-state index contributed by atoms with van der Waals surface area (Å²) >= 11 is 0. The predicted octanol–water partition coefficient (Wildman–Crippen LogP) is 2.50. The van der Waals surface area contributed by atoms with Crippen molar-refractivity contribution in [2.24, 2.45) is 0 Å². The molecular weight excluding hydrogens is 288 g/mol. The number of hydrogen-bond donors (Lipinski definition) is 1. The molecule has 0 aliphatic carbocycles. The maximum atomic E-state index is 11.5. The highest BCUT2D eigenvalue weighted by molar-refractivity contribution is 5.93. The van der Waals surface area contributed by atoms with Gasteiger partial charge in [-0.3, -0.25) is 9.78 Å². The molecule has 1 unspecified atom stereocenters. The van der Waals surface area contributed by atoms with E-state index in [9.17, 15) is 4.79 Å². The number of aryl methyl sites for hydroxylation is 1. The van der Waals surface area contributed by atoms with Crippen LogP contribution in [0, 0.1) is 18.8 Å². The monoisotopic (exact) mass is 306 g/mol. The second-order valence-electron chi connectivity index (χ2n) is 5.54. The Balaban J connectivity index is 1.82. The van der Waals surface area contributed by atoms with Gasteiger partial charge in [-0.2, -0.15) is 0 Å². The number of carbonyl (C=O) groups is 1. The molecule has 2 aromatic rings. The molecule has 0 fully saturated rings. The van der Waals surface area contributed by atoms with E-state index in [2.05, 4.69) is 41.2 Å². The van der Waals surface area contributed by atoms with Crippen molar-refractivity contribution in [1.29, 1.82) is 0 Å². The predicted molar refractivity (Wildman–Crippen MR) is 89.0 cm³/mol.